The topological polar surface area (TPSA) is 0 Å². The molecule has 0 aliphatic rings. The van der Waals surface area contributed by atoms with Crippen LogP contribution in [-0.2, 0) is 0 Å². The van der Waals surface area contributed by atoms with Crippen LogP contribution >= 0.6 is 0 Å². The van der Waals surface area contributed by atoms with E-state index >= 15 is 0 Å². The van der Waals surface area contributed by atoms with E-state index < -0.39 is 13.3 Å². The van der Waals surface area contributed by atoms with Gasteiger partial charge in [0.25, 0.3) is 0 Å². The Morgan fingerprint density at radius 2 is 1.29 bits per heavy atom. The molecule has 0 rings (SSSR count). The molecule has 0 radical (unpaired) electrons. The second-order valence-electron chi connectivity index (χ2n) is 9.08. The van der Waals surface area contributed by atoms with Crippen LogP contribution in [0.15, 0.2) is 0 Å². The molecule has 0 fully saturated rings. The Balaban J connectivity index is 5.10. The molecular formula is C16H36Ge. The fourth-order valence-corrected chi connectivity index (χ4v) is 18.7. The Labute approximate surface area is 113 Å². The van der Waals surface area contributed by atoms with E-state index in [1.165, 1.54) is 10.5 Å². The Hall–Kier alpha value is 0.543. The van der Waals surface area contributed by atoms with Crippen LogP contribution in [-0.4, -0.2) is 13.3 Å². The standard InChI is InChI=1S/C16H36Ge/c1-13(2)11-17(10,12-15(4,5)6)14(3)16(7,8)9/h13-14H,11-12H2,1-10H3. The van der Waals surface area contributed by atoms with Crippen molar-refractivity contribution in [2.24, 2.45) is 16.7 Å². The van der Waals surface area contributed by atoms with Crippen molar-refractivity contribution in [3.63, 3.8) is 0 Å². The van der Waals surface area contributed by atoms with Crippen LogP contribution in [0.1, 0.15) is 62.3 Å². The molecule has 0 saturated heterocycles. The van der Waals surface area contributed by atoms with Crippen LogP contribution in [0.5, 0.6) is 0 Å². The summed E-state index contributed by atoms with van der Waals surface area (Å²) in [6, 6.07) is 0. The van der Waals surface area contributed by atoms with Crippen molar-refractivity contribution >= 4 is 13.3 Å². The zero-order chi connectivity index (χ0) is 14.1. The van der Waals surface area contributed by atoms with Crippen LogP contribution in [0.3, 0.4) is 0 Å². The first-order chi connectivity index (χ1) is 7.28. The second kappa shape index (κ2) is 5.67. The van der Waals surface area contributed by atoms with Crippen molar-refractivity contribution in [2.45, 2.75) is 83.3 Å². The molecule has 0 spiro atoms. The van der Waals surface area contributed by atoms with Gasteiger partial charge in [-0.15, -0.1) is 0 Å². The van der Waals surface area contributed by atoms with Crippen LogP contribution in [0.25, 0.3) is 0 Å². The third kappa shape index (κ3) is 6.31. The summed E-state index contributed by atoms with van der Waals surface area (Å²) < 4.78 is 0.934. The van der Waals surface area contributed by atoms with Crippen LogP contribution in [0.2, 0.25) is 21.0 Å². The third-order valence-electron chi connectivity index (χ3n) is 4.15. The fourth-order valence-electron chi connectivity index (χ4n) is 3.59. The van der Waals surface area contributed by atoms with Crippen LogP contribution < -0.4 is 0 Å². The zero-order valence-electron chi connectivity index (χ0n) is 14.1. The molecule has 0 heterocycles. The molecule has 2 atom stereocenters. The fraction of sp³-hybridized carbons (Fsp3) is 1.00. The van der Waals surface area contributed by atoms with Gasteiger partial charge >= 0.3 is 113 Å². The van der Waals surface area contributed by atoms with E-state index in [0.717, 1.165) is 10.7 Å². The maximum atomic E-state index is 2.70. The minimum atomic E-state index is -1.76. The monoisotopic (exact) mass is 302 g/mol. The molecule has 0 aliphatic carbocycles. The Morgan fingerprint density at radius 1 is 0.882 bits per heavy atom. The number of rotatable bonds is 4. The van der Waals surface area contributed by atoms with E-state index in [1.807, 2.05) is 0 Å². The molecule has 17 heavy (non-hydrogen) atoms. The summed E-state index contributed by atoms with van der Waals surface area (Å²) in [5.74, 6) is 3.56. The predicted octanol–water partition coefficient (Wildman–Crippen LogP) is 6.20. The van der Waals surface area contributed by atoms with Gasteiger partial charge in [-0.25, -0.2) is 0 Å². The summed E-state index contributed by atoms with van der Waals surface area (Å²) in [7, 11) is 0. The molecule has 0 nitrogen and oxygen atoms in total. The molecule has 0 aliphatic heterocycles. The molecule has 0 aromatic rings. The Morgan fingerprint density at radius 3 is 1.53 bits per heavy atom. The van der Waals surface area contributed by atoms with Gasteiger partial charge in [0.15, 0.2) is 0 Å². The summed E-state index contributed by atoms with van der Waals surface area (Å²) in [5.41, 5.74) is 0.984. The van der Waals surface area contributed by atoms with Crippen LogP contribution in [0, 0.1) is 16.7 Å². The van der Waals surface area contributed by atoms with Gasteiger partial charge in [0.1, 0.15) is 0 Å². The zero-order valence-corrected chi connectivity index (χ0v) is 16.2. The Bertz CT molecular complexity index is 229. The molecule has 0 amide bonds. The average Bonchev–Trinajstić information content (AvgIpc) is 1.95. The summed E-state index contributed by atoms with van der Waals surface area (Å²) >= 11 is -1.76. The van der Waals surface area contributed by atoms with Crippen molar-refractivity contribution in [2.75, 3.05) is 0 Å². The molecular weight excluding hydrogens is 265 g/mol. The first kappa shape index (κ1) is 17.5. The summed E-state index contributed by atoms with van der Waals surface area (Å²) in [6.45, 7) is 21.9. The molecule has 0 aromatic heterocycles. The molecule has 0 bridgehead atoms. The van der Waals surface area contributed by atoms with Gasteiger partial charge in [-0.1, -0.05) is 0 Å². The number of hydrogen-bond acceptors (Lipinski definition) is 0. The summed E-state index contributed by atoms with van der Waals surface area (Å²) in [4.78, 5) is 0. The maximum absolute atomic E-state index is 2.70. The first-order valence-electron chi connectivity index (χ1n) is 7.28. The van der Waals surface area contributed by atoms with E-state index in [1.54, 1.807) is 0 Å². The second-order valence-corrected chi connectivity index (χ2v) is 19.4. The minimum absolute atomic E-state index is 0.481. The van der Waals surface area contributed by atoms with E-state index in [0.29, 0.717) is 10.8 Å². The molecule has 104 valence electrons. The SMILES string of the molecule is CC(C)[CH2][Ge]([CH3])([CH2]C(C)(C)C)[CH](C)C(C)(C)C. The molecule has 0 saturated carbocycles. The molecule has 0 N–H and O–H groups in total. The number of hydrogen-bond donors (Lipinski definition) is 0. The van der Waals surface area contributed by atoms with E-state index in [4.69, 9.17) is 0 Å². The van der Waals surface area contributed by atoms with Crippen molar-refractivity contribution in [3.05, 3.63) is 0 Å². The van der Waals surface area contributed by atoms with Gasteiger partial charge in [-0.2, -0.15) is 0 Å². The van der Waals surface area contributed by atoms with Gasteiger partial charge in [0.05, 0.1) is 0 Å². The third-order valence-corrected chi connectivity index (χ3v) is 17.9. The van der Waals surface area contributed by atoms with E-state index in [9.17, 15) is 0 Å². The van der Waals surface area contributed by atoms with Crippen LogP contribution in [0.4, 0.5) is 0 Å². The van der Waals surface area contributed by atoms with Gasteiger partial charge in [0.2, 0.25) is 0 Å². The van der Waals surface area contributed by atoms with E-state index in [2.05, 4.69) is 68.1 Å². The normalized spacial score (nSPS) is 19.2. The summed E-state index contributed by atoms with van der Waals surface area (Å²) in [5, 5.41) is 3.03. The van der Waals surface area contributed by atoms with E-state index in [-0.39, 0.29) is 0 Å². The summed E-state index contributed by atoms with van der Waals surface area (Å²) in [6.07, 6.45) is 0. The van der Waals surface area contributed by atoms with Crippen molar-refractivity contribution in [3.8, 4) is 0 Å². The van der Waals surface area contributed by atoms with Crippen molar-refractivity contribution < 1.29 is 0 Å². The van der Waals surface area contributed by atoms with Crippen molar-refractivity contribution in [1.82, 2.24) is 0 Å². The molecule has 1 heteroatoms. The molecule has 2 unspecified atom stereocenters. The quantitative estimate of drug-likeness (QED) is 0.542. The average molecular weight is 301 g/mol. The van der Waals surface area contributed by atoms with Gasteiger partial charge in [-0.05, 0) is 0 Å². The van der Waals surface area contributed by atoms with Gasteiger partial charge in [0, 0.05) is 0 Å². The van der Waals surface area contributed by atoms with Crippen molar-refractivity contribution in [1.29, 1.82) is 0 Å². The Kier molecular flexibility index (Phi) is 5.85. The predicted molar refractivity (Wildman–Crippen MR) is 84.4 cm³/mol. The first-order valence-corrected chi connectivity index (χ1v) is 13.6. The van der Waals surface area contributed by atoms with Gasteiger partial charge < -0.3 is 0 Å². The van der Waals surface area contributed by atoms with Gasteiger partial charge in [-0.3, -0.25) is 0 Å². The molecule has 0 aromatic carbocycles.